The molecule has 2 fully saturated rings. The maximum atomic E-state index is 13.6. The van der Waals surface area contributed by atoms with E-state index in [0.717, 1.165) is 41.3 Å². The maximum absolute atomic E-state index is 13.6. The first-order chi connectivity index (χ1) is 17.0. The van der Waals surface area contributed by atoms with Crippen molar-refractivity contribution in [3.63, 3.8) is 0 Å². The number of halogens is 5. The van der Waals surface area contributed by atoms with E-state index in [1.54, 1.807) is 12.1 Å². The lowest BCUT2D eigenvalue weighted by Gasteiger charge is -2.42. The summed E-state index contributed by atoms with van der Waals surface area (Å²) in [4.78, 5) is 15.6. The molecular weight excluding hydrogens is 557 g/mol. The molecule has 2 aliphatic rings. The van der Waals surface area contributed by atoms with Crippen LogP contribution in [-0.2, 0) is 16.6 Å². The van der Waals surface area contributed by atoms with E-state index >= 15 is 0 Å². The van der Waals surface area contributed by atoms with Crippen molar-refractivity contribution in [3.8, 4) is 0 Å². The van der Waals surface area contributed by atoms with E-state index in [1.807, 2.05) is 41.3 Å². The zero-order chi connectivity index (χ0) is 26.0. The number of piperidine rings is 1. The van der Waals surface area contributed by atoms with Gasteiger partial charge in [-0.05, 0) is 67.5 Å². The molecule has 1 amide bonds. The van der Waals surface area contributed by atoms with Crippen molar-refractivity contribution < 1.29 is 23.1 Å². The van der Waals surface area contributed by atoms with E-state index in [9.17, 15) is 23.1 Å². The van der Waals surface area contributed by atoms with Crippen molar-refractivity contribution in [1.82, 2.24) is 10.2 Å². The Morgan fingerprint density at radius 1 is 1.03 bits per heavy atom. The summed E-state index contributed by atoms with van der Waals surface area (Å²) in [6, 6.07) is 15.0. The second-order valence-corrected chi connectivity index (χ2v) is 11.4. The van der Waals surface area contributed by atoms with Crippen LogP contribution in [-0.4, -0.2) is 53.4 Å². The molecule has 1 atom stereocenters. The van der Waals surface area contributed by atoms with Crippen LogP contribution in [0.4, 0.5) is 13.2 Å². The fourth-order valence-electron chi connectivity index (χ4n) is 5.54. The number of rotatable bonds is 7. The zero-order valence-electron chi connectivity index (χ0n) is 20.0. The Balaban J connectivity index is 1.50. The number of nitrogens with one attached hydrogen (secondary N) is 1. The fourth-order valence-corrected chi connectivity index (χ4v) is 5.93. The molecule has 1 saturated carbocycles. The van der Waals surface area contributed by atoms with Crippen LogP contribution < -0.4 is 5.32 Å². The van der Waals surface area contributed by atoms with Gasteiger partial charge < -0.3 is 10.4 Å². The van der Waals surface area contributed by atoms with E-state index in [-0.39, 0.29) is 37.9 Å². The van der Waals surface area contributed by atoms with Gasteiger partial charge in [0.05, 0.1) is 5.41 Å². The monoisotopic (exact) mass is 586 g/mol. The summed E-state index contributed by atoms with van der Waals surface area (Å²) in [5.74, 6) is -0.0491. The fraction of sp³-hybridized carbons (Fsp3) is 0.519. The molecule has 4 rings (SSSR count). The van der Waals surface area contributed by atoms with Gasteiger partial charge in [-0.1, -0.05) is 64.6 Å². The molecule has 1 heterocycles. The highest BCUT2D eigenvalue weighted by molar-refractivity contribution is 9.10. The summed E-state index contributed by atoms with van der Waals surface area (Å²) in [7, 11) is 0. The highest BCUT2D eigenvalue weighted by Crippen LogP contribution is 2.42. The van der Waals surface area contributed by atoms with Crippen LogP contribution in [0.5, 0.6) is 0 Å². The zero-order valence-corrected chi connectivity index (χ0v) is 22.3. The Labute approximate surface area is 223 Å². The summed E-state index contributed by atoms with van der Waals surface area (Å²) in [5, 5.41) is 13.9. The predicted octanol–water partition coefficient (Wildman–Crippen LogP) is 6.03. The van der Waals surface area contributed by atoms with Gasteiger partial charge in [0.25, 0.3) is 0 Å². The number of aliphatic hydroxyl groups is 1. The van der Waals surface area contributed by atoms with Crippen molar-refractivity contribution in [2.24, 2.45) is 0 Å². The van der Waals surface area contributed by atoms with Crippen LogP contribution in [0, 0.1) is 0 Å². The van der Waals surface area contributed by atoms with Gasteiger partial charge in [-0.2, -0.15) is 13.2 Å². The largest absolute Gasteiger partial charge is 0.417 e. The van der Waals surface area contributed by atoms with Gasteiger partial charge in [0.1, 0.15) is 0 Å². The Kier molecular flexibility index (Phi) is 8.39. The Hall–Kier alpha value is -1.61. The number of carbonyl (C=O) groups is 1. The van der Waals surface area contributed by atoms with Crippen LogP contribution in [0.25, 0.3) is 0 Å². The van der Waals surface area contributed by atoms with Crippen LogP contribution in [0.15, 0.2) is 53.0 Å². The van der Waals surface area contributed by atoms with Crippen molar-refractivity contribution in [3.05, 3.63) is 69.2 Å². The Bertz CT molecular complexity index is 1030. The molecule has 1 aliphatic heterocycles. The first-order valence-corrected chi connectivity index (χ1v) is 13.5. The van der Waals surface area contributed by atoms with Crippen LogP contribution >= 0.6 is 27.5 Å². The second-order valence-electron chi connectivity index (χ2n) is 10.1. The number of benzene rings is 2. The van der Waals surface area contributed by atoms with Crippen molar-refractivity contribution in [2.45, 2.75) is 68.2 Å². The van der Waals surface area contributed by atoms with E-state index in [1.165, 1.54) is 0 Å². The lowest BCUT2D eigenvalue weighted by molar-refractivity contribution is -0.273. The van der Waals surface area contributed by atoms with Gasteiger partial charge >= 0.3 is 6.18 Å². The number of nitrogens with zero attached hydrogens (tertiary/aromatic N) is 1. The standard InChI is InChI=1S/C27H31BrClF3N2O2/c28-21-7-3-19(4-8-21)17-23(34-15-13-26(36,14-16-34)27(30,31)32)18-33-24(35)25(11-1-2-12-25)20-5-9-22(29)10-6-20/h3-10,23,36H,1-2,11-18H2,(H,33,35). The molecule has 0 spiro atoms. The molecule has 9 heteroatoms. The summed E-state index contributed by atoms with van der Waals surface area (Å²) in [6.07, 6.45) is -1.42. The molecule has 0 aromatic heterocycles. The molecule has 4 nitrogen and oxygen atoms in total. The molecule has 0 bridgehead atoms. The van der Waals surface area contributed by atoms with Crippen molar-refractivity contribution in [2.75, 3.05) is 19.6 Å². The third-order valence-electron chi connectivity index (χ3n) is 7.84. The molecular formula is C27H31BrClF3N2O2. The lowest BCUT2D eigenvalue weighted by Crippen LogP contribution is -2.57. The first kappa shape index (κ1) is 27.4. The molecule has 0 radical (unpaired) electrons. The van der Waals surface area contributed by atoms with Gasteiger partial charge in [0, 0.05) is 35.2 Å². The highest BCUT2D eigenvalue weighted by Gasteiger charge is 2.55. The van der Waals surface area contributed by atoms with E-state index in [2.05, 4.69) is 21.2 Å². The summed E-state index contributed by atoms with van der Waals surface area (Å²) < 4.78 is 41.0. The van der Waals surface area contributed by atoms with Gasteiger partial charge in [0.15, 0.2) is 5.60 Å². The quantitative estimate of drug-likeness (QED) is 0.416. The summed E-state index contributed by atoms with van der Waals surface area (Å²) in [6.45, 7) is 0.527. The number of carbonyl (C=O) groups excluding carboxylic acids is 1. The van der Waals surface area contributed by atoms with Crippen molar-refractivity contribution >= 4 is 33.4 Å². The maximum Gasteiger partial charge on any atom is 0.417 e. The van der Waals surface area contributed by atoms with Gasteiger partial charge in [-0.15, -0.1) is 0 Å². The highest BCUT2D eigenvalue weighted by atomic mass is 79.9. The topological polar surface area (TPSA) is 52.6 Å². The molecule has 2 aromatic carbocycles. The number of amides is 1. The molecule has 1 unspecified atom stereocenters. The number of hydrogen-bond acceptors (Lipinski definition) is 3. The van der Waals surface area contributed by atoms with Gasteiger partial charge in [-0.25, -0.2) is 0 Å². The second kappa shape index (κ2) is 11.0. The third kappa shape index (κ3) is 5.93. The van der Waals surface area contributed by atoms with Gasteiger partial charge in [0.2, 0.25) is 5.91 Å². The third-order valence-corrected chi connectivity index (χ3v) is 8.62. The summed E-state index contributed by atoms with van der Waals surface area (Å²) >= 11 is 9.50. The van der Waals surface area contributed by atoms with E-state index in [0.29, 0.717) is 18.0 Å². The summed E-state index contributed by atoms with van der Waals surface area (Å²) in [5.41, 5.74) is -1.30. The van der Waals surface area contributed by atoms with Crippen LogP contribution in [0.2, 0.25) is 5.02 Å². The van der Waals surface area contributed by atoms with E-state index < -0.39 is 17.2 Å². The molecule has 1 saturated heterocycles. The normalized spacial score (nSPS) is 20.7. The minimum atomic E-state index is -4.65. The van der Waals surface area contributed by atoms with Crippen molar-refractivity contribution in [1.29, 1.82) is 0 Å². The first-order valence-electron chi connectivity index (χ1n) is 12.3. The van der Waals surface area contributed by atoms with Crippen LogP contribution in [0.1, 0.15) is 49.7 Å². The Morgan fingerprint density at radius 2 is 1.61 bits per heavy atom. The average molecular weight is 588 g/mol. The molecule has 196 valence electrons. The Morgan fingerprint density at radius 3 is 2.17 bits per heavy atom. The average Bonchev–Trinajstić information content (AvgIpc) is 3.34. The molecule has 36 heavy (non-hydrogen) atoms. The minimum Gasteiger partial charge on any atom is -0.380 e. The lowest BCUT2D eigenvalue weighted by atomic mass is 9.78. The smallest absolute Gasteiger partial charge is 0.380 e. The molecule has 1 aliphatic carbocycles. The molecule has 2 N–H and O–H groups in total. The predicted molar refractivity (Wildman–Crippen MR) is 138 cm³/mol. The van der Waals surface area contributed by atoms with Crippen LogP contribution in [0.3, 0.4) is 0 Å². The minimum absolute atomic E-state index is 0.0491. The van der Waals surface area contributed by atoms with Gasteiger partial charge in [-0.3, -0.25) is 9.69 Å². The van der Waals surface area contributed by atoms with E-state index in [4.69, 9.17) is 11.6 Å². The number of alkyl halides is 3. The number of likely N-dealkylation sites (tertiary alicyclic amines) is 1. The molecule has 2 aromatic rings. The SMILES string of the molecule is O=C(NCC(Cc1ccc(Br)cc1)N1CCC(O)(C(F)(F)F)CC1)C1(c2ccc(Cl)cc2)CCCC1. The number of hydrogen-bond donors (Lipinski definition) is 2.